The Morgan fingerprint density at radius 3 is 1.66 bits per heavy atom. The van der Waals surface area contributed by atoms with E-state index in [4.69, 9.17) is 0 Å². The van der Waals surface area contributed by atoms with Crippen LogP contribution in [0.1, 0.15) is 78.6 Å². The van der Waals surface area contributed by atoms with Crippen LogP contribution in [-0.4, -0.2) is 27.9 Å². The lowest BCUT2D eigenvalue weighted by molar-refractivity contribution is -0.610. The van der Waals surface area contributed by atoms with Crippen molar-refractivity contribution in [3.8, 4) is 0 Å². The van der Waals surface area contributed by atoms with Gasteiger partial charge in [0.05, 0.1) is 0 Å². The molecule has 0 unspecified atom stereocenters. The molecule has 156 valence electrons. The quantitative estimate of drug-likeness (QED) is 0.526. The van der Waals surface area contributed by atoms with Crippen LogP contribution in [0.5, 0.6) is 0 Å². The molecule has 1 heterocycles. The van der Waals surface area contributed by atoms with Gasteiger partial charge in [0.2, 0.25) is 6.34 Å². The van der Waals surface area contributed by atoms with Crippen molar-refractivity contribution >= 4 is 6.34 Å². The predicted molar refractivity (Wildman–Crippen MR) is 124 cm³/mol. The summed E-state index contributed by atoms with van der Waals surface area (Å²) in [5.74, 6) is 0. The topological polar surface area (TPSA) is 6.25 Å². The first kappa shape index (κ1) is 21.6. The van der Waals surface area contributed by atoms with Gasteiger partial charge in [0, 0.05) is 10.8 Å². The van der Waals surface area contributed by atoms with E-state index in [1.165, 1.54) is 11.1 Å². The van der Waals surface area contributed by atoms with Crippen LogP contribution in [0.25, 0.3) is 0 Å². The molecule has 2 aromatic carbocycles. The minimum absolute atomic E-state index is 0.155. The van der Waals surface area contributed by atoms with E-state index in [2.05, 4.69) is 132 Å². The van der Waals surface area contributed by atoms with Crippen molar-refractivity contribution in [3.05, 3.63) is 71.8 Å². The van der Waals surface area contributed by atoms with Crippen LogP contribution in [0, 0.1) is 10.8 Å². The lowest BCUT2D eigenvalue weighted by Gasteiger charge is -2.41. The SMILES string of the molecule is C[C@@H](c1ccccc1)N1C=[N+]([C@@H](C)c2ccccc2)[C@H](C(C)(C)C)[C@H]1C(C)(C)C. The summed E-state index contributed by atoms with van der Waals surface area (Å²) >= 11 is 0. The van der Waals surface area contributed by atoms with Gasteiger partial charge in [-0.25, -0.2) is 0 Å². The third-order valence-corrected chi connectivity index (χ3v) is 6.44. The minimum Gasteiger partial charge on any atom is -0.254 e. The van der Waals surface area contributed by atoms with Gasteiger partial charge in [0.1, 0.15) is 24.2 Å². The van der Waals surface area contributed by atoms with Gasteiger partial charge < -0.3 is 0 Å². The molecule has 0 saturated carbocycles. The maximum atomic E-state index is 2.63. The van der Waals surface area contributed by atoms with Crippen LogP contribution in [0.4, 0.5) is 0 Å². The van der Waals surface area contributed by atoms with E-state index in [0.29, 0.717) is 24.2 Å². The lowest BCUT2D eigenvalue weighted by Crippen LogP contribution is -2.53. The van der Waals surface area contributed by atoms with Crippen LogP contribution in [-0.2, 0) is 0 Å². The highest BCUT2D eigenvalue weighted by atomic mass is 15.4. The molecular weight excluding hydrogens is 352 g/mol. The second-order valence-electron chi connectivity index (χ2n) is 10.8. The number of nitrogens with zero attached hydrogens (tertiary/aromatic N) is 2. The molecule has 2 nitrogen and oxygen atoms in total. The highest BCUT2D eigenvalue weighted by molar-refractivity contribution is 5.54. The van der Waals surface area contributed by atoms with Crippen molar-refractivity contribution in [2.75, 3.05) is 0 Å². The van der Waals surface area contributed by atoms with E-state index < -0.39 is 0 Å². The molecule has 0 saturated heterocycles. The van der Waals surface area contributed by atoms with Gasteiger partial charge in [-0.15, -0.1) is 0 Å². The van der Waals surface area contributed by atoms with E-state index in [-0.39, 0.29) is 10.8 Å². The van der Waals surface area contributed by atoms with Gasteiger partial charge in [0.25, 0.3) is 0 Å². The summed E-state index contributed by atoms with van der Waals surface area (Å²) in [6, 6.07) is 23.4. The third-order valence-electron chi connectivity index (χ3n) is 6.44. The molecule has 2 heteroatoms. The standard InChI is InChI=1S/C27H39N2/c1-20(22-15-11-9-12-16-22)28-19-29(21(2)23-17-13-10-14-18-23)25(27(6,7)8)24(28)26(3,4)5/h9-21,24-25H,1-8H3/q+1/t20-,21-,24-,25-/m0/s1. The zero-order chi connectivity index (χ0) is 21.4. The van der Waals surface area contributed by atoms with Gasteiger partial charge in [-0.3, -0.25) is 9.48 Å². The second kappa shape index (κ2) is 7.97. The maximum absolute atomic E-state index is 2.63. The summed E-state index contributed by atoms with van der Waals surface area (Å²) in [5.41, 5.74) is 3.06. The van der Waals surface area contributed by atoms with E-state index in [1.807, 2.05) is 0 Å². The van der Waals surface area contributed by atoms with Crippen molar-refractivity contribution in [3.63, 3.8) is 0 Å². The molecule has 1 aliphatic rings. The molecule has 29 heavy (non-hydrogen) atoms. The van der Waals surface area contributed by atoms with Crippen LogP contribution >= 0.6 is 0 Å². The minimum atomic E-state index is 0.155. The number of benzene rings is 2. The summed E-state index contributed by atoms with van der Waals surface area (Å²) in [5, 5.41) is 0. The third kappa shape index (κ3) is 4.42. The summed E-state index contributed by atoms with van der Waals surface area (Å²) in [7, 11) is 0. The second-order valence-corrected chi connectivity index (χ2v) is 10.8. The van der Waals surface area contributed by atoms with Gasteiger partial charge in [-0.05, 0) is 25.0 Å². The first-order valence-electron chi connectivity index (χ1n) is 11.0. The van der Waals surface area contributed by atoms with Gasteiger partial charge in [-0.2, -0.15) is 0 Å². The maximum Gasteiger partial charge on any atom is 0.235 e. The van der Waals surface area contributed by atoms with Gasteiger partial charge in [0.15, 0.2) is 0 Å². The molecule has 0 spiro atoms. The zero-order valence-corrected chi connectivity index (χ0v) is 19.6. The Balaban J connectivity index is 2.11. The van der Waals surface area contributed by atoms with Crippen LogP contribution in [0.15, 0.2) is 60.7 Å². The molecule has 0 aromatic heterocycles. The zero-order valence-electron chi connectivity index (χ0n) is 19.6. The van der Waals surface area contributed by atoms with Crippen molar-refractivity contribution in [1.82, 2.24) is 4.90 Å². The molecule has 4 atom stereocenters. The Kier molecular flexibility index (Phi) is 5.94. The van der Waals surface area contributed by atoms with E-state index in [9.17, 15) is 0 Å². The van der Waals surface area contributed by atoms with Crippen molar-refractivity contribution < 1.29 is 4.58 Å². The molecule has 0 radical (unpaired) electrons. The molecule has 2 aromatic rings. The van der Waals surface area contributed by atoms with Crippen molar-refractivity contribution in [1.29, 1.82) is 0 Å². The molecule has 3 rings (SSSR count). The number of hydrogen-bond donors (Lipinski definition) is 0. The van der Waals surface area contributed by atoms with Gasteiger partial charge >= 0.3 is 0 Å². The van der Waals surface area contributed by atoms with Crippen LogP contribution < -0.4 is 0 Å². The fourth-order valence-electron chi connectivity index (χ4n) is 4.95. The van der Waals surface area contributed by atoms with E-state index in [1.54, 1.807) is 0 Å². The predicted octanol–water partition coefficient (Wildman–Crippen LogP) is 6.69. The fourth-order valence-corrected chi connectivity index (χ4v) is 4.95. The first-order valence-corrected chi connectivity index (χ1v) is 11.0. The van der Waals surface area contributed by atoms with Gasteiger partial charge in [-0.1, -0.05) is 102 Å². The first-order chi connectivity index (χ1) is 13.5. The highest BCUT2D eigenvalue weighted by Crippen LogP contribution is 2.44. The Labute approximate surface area is 178 Å². The summed E-state index contributed by atoms with van der Waals surface area (Å²) < 4.78 is 2.63. The smallest absolute Gasteiger partial charge is 0.235 e. The highest BCUT2D eigenvalue weighted by Gasteiger charge is 2.55. The summed E-state index contributed by atoms with van der Waals surface area (Å²) in [6.45, 7) is 19.1. The van der Waals surface area contributed by atoms with Crippen LogP contribution in [0.2, 0.25) is 0 Å². The average molecular weight is 392 g/mol. The largest absolute Gasteiger partial charge is 0.254 e. The molecular formula is C27H39N2+. The molecule has 0 bridgehead atoms. The Morgan fingerprint density at radius 1 is 0.724 bits per heavy atom. The lowest BCUT2D eigenvalue weighted by atomic mass is 9.71. The Hall–Kier alpha value is -2.09. The number of rotatable bonds is 4. The van der Waals surface area contributed by atoms with Crippen molar-refractivity contribution in [2.24, 2.45) is 10.8 Å². The molecule has 0 N–H and O–H groups in total. The van der Waals surface area contributed by atoms with Crippen molar-refractivity contribution in [2.45, 2.75) is 79.6 Å². The monoisotopic (exact) mass is 391 g/mol. The molecule has 0 amide bonds. The fraction of sp³-hybridized carbons (Fsp3) is 0.519. The number of hydrogen-bond acceptors (Lipinski definition) is 1. The summed E-state index contributed by atoms with van der Waals surface area (Å²) in [6.07, 6.45) is 2.43. The van der Waals surface area contributed by atoms with Crippen LogP contribution in [0.3, 0.4) is 0 Å². The molecule has 0 aliphatic carbocycles. The Bertz CT molecular complexity index is 824. The van der Waals surface area contributed by atoms with E-state index in [0.717, 1.165) is 0 Å². The molecule has 0 fully saturated rings. The normalized spacial score (nSPS) is 22.3. The Morgan fingerprint density at radius 2 is 1.21 bits per heavy atom. The molecule has 1 aliphatic heterocycles. The summed E-state index contributed by atoms with van der Waals surface area (Å²) in [4.78, 5) is 2.63. The van der Waals surface area contributed by atoms with E-state index >= 15 is 0 Å². The average Bonchev–Trinajstić information content (AvgIpc) is 3.10.